The lowest BCUT2D eigenvalue weighted by atomic mass is 10.2. The lowest BCUT2D eigenvalue weighted by molar-refractivity contribution is 0.0945. The average Bonchev–Trinajstić information content (AvgIpc) is 3.09. The summed E-state index contributed by atoms with van der Waals surface area (Å²) in [5.41, 5.74) is 2.14. The minimum Gasteiger partial charge on any atom is -0.346 e. The Balaban J connectivity index is 1.78. The van der Waals surface area contributed by atoms with Crippen LogP contribution in [0.1, 0.15) is 32.3 Å². The van der Waals surface area contributed by atoms with Gasteiger partial charge in [-0.25, -0.2) is 9.37 Å². The van der Waals surface area contributed by atoms with E-state index in [-0.39, 0.29) is 18.1 Å². The molecule has 0 radical (unpaired) electrons. The zero-order valence-corrected chi connectivity index (χ0v) is 14.3. The van der Waals surface area contributed by atoms with E-state index >= 15 is 0 Å². The molecule has 6 nitrogen and oxygen atoms in total. The summed E-state index contributed by atoms with van der Waals surface area (Å²) in [4.78, 5) is 17.8. The molecule has 0 aliphatic rings. The number of halogens is 1. The first-order chi connectivity index (χ1) is 11.5. The van der Waals surface area contributed by atoms with Gasteiger partial charge >= 0.3 is 0 Å². The Morgan fingerprint density at radius 1 is 1.29 bits per heavy atom. The summed E-state index contributed by atoms with van der Waals surface area (Å²) in [6, 6.07) is 6.31. The monoisotopic (exact) mass is 345 g/mol. The largest absolute Gasteiger partial charge is 0.346 e. The molecule has 0 atom stereocenters. The van der Waals surface area contributed by atoms with E-state index in [2.05, 4.69) is 20.6 Å². The third kappa shape index (κ3) is 3.05. The highest BCUT2D eigenvalue weighted by Gasteiger charge is 2.19. The summed E-state index contributed by atoms with van der Waals surface area (Å²) in [5, 5.41) is 11.3. The number of hydrogen-bond acceptors (Lipinski definition) is 5. The number of rotatable bonds is 4. The van der Waals surface area contributed by atoms with Crippen molar-refractivity contribution in [2.24, 2.45) is 0 Å². The Morgan fingerprint density at radius 2 is 2.04 bits per heavy atom. The van der Waals surface area contributed by atoms with Crippen molar-refractivity contribution in [3.05, 3.63) is 57.6 Å². The Morgan fingerprint density at radius 3 is 2.71 bits per heavy atom. The highest BCUT2D eigenvalue weighted by Crippen LogP contribution is 2.21. The van der Waals surface area contributed by atoms with E-state index in [0.29, 0.717) is 16.4 Å². The van der Waals surface area contributed by atoms with Crippen LogP contribution in [0, 0.1) is 26.6 Å². The lowest BCUT2D eigenvalue weighted by Gasteiger charge is -2.05. The molecule has 2 heterocycles. The van der Waals surface area contributed by atoms with Gasteiger partial charge < -0.3 is 5.32 Å². The van der Waals surface area contributed by atoms with Crippen molar-refractivity contribution in [1.82, 2.24) is 25.3 Å². The molecule has 3 aromatic rings. The number of carbonyl (C=O) groups is 1. The van der Waals surface area contributed by atoms with Crippen LogP contribution >= 0.6 is 11.3 Å². The van der Waals surface area contributed by atoms with E-state index < -0.39 is 5.91 Å². The van der Waals surface area contributed by atoms with Gasteiger partial charge in [-0.1, -0.05) is 34.7 Å². The molecular weight excluding hydrogens is 329 g/mol. The van der Waals surface area contributed by atoms with Crippen molar-refractivity contribution in [2.75, 3.05) is 0 Å². The van der Waals surface area contributed by atoms with E-state index in [1.807, 2.05) is 13.8 Å². The maximum Gasteiger partial charge on any atom is 0.274 e. The molecule has 124 valence electrons. The van der Waals surface area contributed by atoms with Crippen molar-refractivity contribution < 1.29 is 9.18 Å². The Kier molecular flexibility index (Phi) is 4.39. The number of thiazole rings is 1. The minimum atomic E-state index is -0.396. The fraction of sp³-hybridized carbons (Fsp3) is 0.250. The van der Waals surface area contributed by atoms with Crippen LogP contribution in [0.2, 0.25) is 0 Å². The quantitative estimate of drug-likeness (QED) is 0.789. The van der Waals surface area contributed by atoms with E-state index in [4.69, 9.17) is 0 Å². The van der Waals surface area contributed by atoms with Gasteiger partial charge in [0.25, 0.3) is 5.91 Å². The van der Waals surface area contributed by atoms with Crippen molar-refractivity contribution >= 4 is 17.2 Å². The summed E-state index contributed by atoms with van der Waals surface area (Å²) in [7, 11) is 0. The van der Waals surface area contributed by atoms with Gasteiger partial charge in [0, 0.05) is 17.0 Å². The molecule has 0 saturated carbocycles. The number of nitrogens with one attached hydrogen (secondary N) is 1. The van der Waals surface area contributed by atoms with E-state index in [1.54, 1.807) is 29.8 Å². The number of amides is 1. The highest BCUT2D eigenvalue weighted by atomic mass is 32.1. The average molecular weight is 345 g/mol. The van der Waals surface area contributed by atoms with Crippen LogP contribution in [0.15, 0.2) is 24.3 Å². The molecule has 0 aliphatic heterocycles. The van der Waals surface area contributed by atoms with Crippen molar-refractivity contribution in [3.63, 3.8) is 0 Å². The predicted octanol–water partition coefficient (Wildman–Crippen LogP) is 2.72. The zero-order chi connectivity index (χ0) is 17.3. The van der Waals surface area contributed by atoms with Gasteiger partial charge in [-0.05, 0) is 26.8 Å². The number of nitrogens with zero attached hydrogens (tertiary/aromatic N) is 4. The summed E-state index contributed by atoms with van der Waals surface area (Å²) >= 11 is 1.49. The van der Waals surface area contributed by atoms with Gasteiger partial charge in [0.15, 0.2) is 5.69 Å². The fourth-order valence-electron chi connectivity index (χ4n) is 2.17. The first-order valence-corrected chi connectivity index (χ1v) is 8.17. The maximum absolute atomic E-state index is 13.6. The smallest absolute Gasteiger partial charge is 0.274 e. The van der Waals surface area contributed by atoms with Gasteiger partial charge in [-0.15, -0.1) is 5.10 Å². The first-order valence-electron chi connectivity index (χ1n) is 7.35. The topological polar surface area (TPSA) is 72.7 Å². The molecule has 0 saturated heterocycles. The molecule has 1 amide bonds. The van der Waals surface area contributed by atoms with Crippen LogP contribution < -0.4 is 5.32 Å². The number of hydrogen-bond donors (Lipinski definition) is 1. The zero-order valence-electron chi connectivity index (χ0n) is 13.5. The van der Waals surface area contributed by atoms with E-state index in [9.17, 15) is 9.18 Å². The second kappa shape index (κ2) is 6.48. The standard InChI is InChI=1S/C16H16FN5OS/c1-9-11(3)24-16(19-9)22-10(2)14(20-21-22)15(23)18-8-12-6-4-5-7-13(12)17/h4-7H,8H2,1-3H3,(H,18,23). The lowest BCUT2D eigenvalue weighted by Crippen LogP contribution is -2.24. The molecule has 2 aromatic heterocycles. The summed E-state index contributed by atoms with van der Waals surface area (Å²) in [6.45, 7) is 5.74. The molecule has 24 heavy (non-hydrogen) atoms. The third-order valence-corrected chi connectivity index (χ3v) is 4.75. The predicted molar refractivity (Wildman–Crippen MR) is 88.8 cm³/mol. The van der Waals surface area contributed by atoms with Crippen LogP contribution in [0.25, 0.3) is 5.13 Å². The van der Waals surface area contributed by atoms with Crippen LogP contribution in [0.4, 0.5) is 4.39 Å². The molecule has 0 spiro atoms. The van der Waals surface area contributed by atoms with Crippen molar-refractivity contribution in [1.29, 1.82) is 0 Å². The van der Waals surface area contributed by atoms with Crippen LogP contribution in [0.3, 0.4) is 0 Å². The Labute approximate surface area is 142 Å². The third-order valence-electron chi connectivity index (χ3n) is 3.71. The van der Waals surface area contributed by atoms with Gasteiger partial charge in [0.2, 0.25) is 5.13 Å². The normalized spacial score (nSPS) is 10.8. The fourth-order valence-corrected chi connectivity index (χ4v) is 3.08. The molecule has 1 aromatic carbocycles. The number of benzene rings is 1. The summed E-state index contributed by atoms with van der Waals surface area (Å²) in [5.74, 6) is -0.751. The Hall–Kier alpha value is -2.61. The van der Waals surface area contributed by atoms with Crippen LogP contribution in [0.5, 0.6) is 0 Å². The molecule has 0 aliphatic carbocycles. The SMILES string of the molecule is Cc1nc(-n2nnc(C(=O)NCc3ccccc3F)c2C)sc1C. The van der Waals surface area contributed by atoms with Gasteiger partial charge in [0.1, 0.15) is 5.82 Å². The second-order valence-electron chi connectivity index (χ2n) is 5.35. The van der Waals surface area contributed by atoms with E-state index in [1.165, 1.54) is 17.4 Å². The molecule has 0 fully saturated rings. The first kappa shape index (κ1) is 16.3. The van der Waals surface area contributed by atoms with Gasteiger partial charge in [0.05, 0.1) is 11.4 Å². The molecule has 8 heteroatoms. The number of aromatic nitrogens is 4. The summed E-state index contributed by atoms with van der Waals surface area (Å²) in [6.07, 6.45) is 0. The minimum absolute atomic E-state index is 0.0906. The second-order valence-corrected chi connectivity index (χ2v) is 6.53. The van der Waals surface area contributed by atoms with Gasteiger partial charge in [-0.2, -0.15) is 4.68 Å². The molecule has 0 bridgehead atoms. The van der Waals surface area contributed by atoms with Crippen LogP contribution in [-0.2, 0) is 6.54 Å². The van der Waals surface area contributed by atoms with Crippen molar-refractivity contribution in [2.45, 2.75) is 27.3 Å². The number of aryl methyl sites for hydroxylation is 2. The van der Waals surface area contributed by atoms with Gasteiger partial charge in [-0.3, -0.25) is 4.79 Å². The number of carbonyl (C=O) groups excluding carboxylic acids is 1. The Bertz CT molecular complexity index is 882. The maximum atomic E-state index is 13.6. The van der Waals surface area contributed by atoms with Crippen molar-refractivity contribution in [3.8, 4) is 5.13 Å². The molecular formula is C16H16FN5OS. The molecule has 0 unspecified atom stereocenters. The molecule has 3 rings (SSSR count). The van der Waals surface area contributed by atoms with Crippen LogP contribution in [-0.4, -0.2) is 25.9 Å². The molecule has 1 N–H and O–H groups in total. The summed E-state index contributed by atoms with van der Waals surface area (Å²) < 4.78 is 15.1. The van der Waals surface area contributed by atoms with E-state index in [0.717, 1.165) is 10.6 Å². The highest BCUT2D eigenvalue weighted by molar-refractivity contribution is 7.14.